The van der Waals surface area contributed by atoms with Crippen molar-refractivity contribution in [3.05, 3.63) is 35.4 Å². The van der Waals surface area contributed by atoms with Gasteiger partial charge in [0.2, 0.25) is 0 Å². The van der Waals surface area contributed by atoms with E-state index in [0.29, 0.717) is 18.7 Å². The molecule has 1 heterocycles. The Morgan fingerprint density at radius 2 is 1.88 bits per heavy atom. The number of ether oxygens (including phenoxy) is 1. The Hall–Kier alpha value is -2.08. The fourth-order valence-electron chi connectivity index (χ4n) is 2.75. The molecule has 1 saturated heterocycles. The molecule has 0 aromatic heterocycles. The number of aryl methyl sites for hydroxylation is 1. The summed E-state index contributed by atoms with van der Waals surface area (Å²) >= 11 is 0. The summed E-state index contributed by atoms with van der Waals surface area (Å²) < 4.78 is 5.32. The molecule has 2 unspecified atom stereocenters. The molecule has 6 nitrogen and oxygen atoms in total. The Balaban J connectivity index is 1.86. The third-order valence-corrected chi connectivity index (χ3v) is 4.21. The number of benzene rings is 1. The molecule has 138 valence electrons. The molecule has 0 saturated carbocycles. The van der Waals surface area contributed by atoms with Gasteiger partial charge in [-0.05, 0) is 44.9 Å². The van der Waals surface area contributed by atoms with E-state index in [4.69, 9.17) is 4.74 Å². The number of nitrogens with zero attached hydrogens (tertiary/aromatic N) is 1. The van der Waals surface area contributed by atoms with Crippen molar-refractivity contribution in [1.29, 1.82) is 0 Å². The monoisotopic (exact) mass is 348 g/mol. The molecule has 1 aliphatic rings. The second kappa shape index (κ2) is 7.87. The minimum atomic E-state index is -0.671. The van der Waals surface area contributed by atoms with Crippen LogP contribution in [0.4, 0.5) is 4.79 Å². The van der Waals surface area contributed by atoms with Gasteiger partial charge in [-0.3, -0.25) is 4.79 Å². The van der Waals surface area contributed by atoms with Crippen molar-refractivity contribution < 1.29 is 19.4 Å². The molecular formula is C19H28N2O4. The van der Waals surface area contributed by atoms with Crippen molar-refractivity contribution in [1.82, 2.24) is 10.2 Å². The van der Waals surface area contributed by atoms with Gasteiger partial charge in [0.1, 0.15) is 5.60 Å². The molecule has 2 N–H and O–H groups in total. The van der Waals surface area contributed by atoms with Crippen molar-refractivity contribution >= 4 is 12.0 Å². The first-order valence-electron chi connectivity index (χ1n) is 8.72. The molecule has 1 aromatic carbocycles. The summed E-state index contributed by atoms with van der Waals surface area (Å²) in [7, 11) is 0. The summed E-state index contributed by atoms with van der Waals surface area (Å²) in [6.07, 6.45) is -0.178. The highest BCUT2D eigenvalue weighted by Crippen LogP contribution is 2.19. The maximum Gasteiger partial charge on any atom is 0.410 e. The number of aliphatic hydroxyl groups is 1. The highest BCUT2D eigenvalue weighted by molar-refractivity contribution is 5.94. The molecule has 0 bridgehead atoms. The number of hydrogen-bond acceptors (Lipinski definition) is 4. The molecule has 25 heavy (non-hydrogen) atoms. The first kappa shape index (κ1) is 19.2. The lowest BCUT2D eigenvalue weighted by molar-refractivity contribution is 0.0269. The molecule has 0 aliphatic carbocycles. The highest BCUT2D eigenvalue weighted by Gasteiger charge is 2.36. The van der Waals surface area contributed by atoms with Gasteiger partial charge < -0.3 is 20.1 Å². The van der Waals surface area contributed by atoms with Crippen LogP contribution in [0.1, 0.15) is 43.6 Å². The maximum absolute atomic E-state index is 12.2. The van der Waals surface area contributed by atoms with Gasteiger partial charge in [-0.15, -0.1) is 0 Å². The molecule has 2 rings (SSSR count). The molecule has 2 atom stereocenters. The van der Waals surface area contributed by atoms with Gasteiger partial charge in [-0.25, -0.2) is 4.79 Å². The summed E-state index contributed by atoms with van der Waals surface area (Å²) in [6.45, 7) is 8.38. The molecule has 1 fully saturated rings. The summed E-state index contributed by atoms with van der Waals surface area (Å²) in [5, 5.41) is 13.0. The van der Waals surface area contributed by atoms with Crippen molar-refractivity contribution in [2.45, 2.75) is 45.8 Å². The van der Waals surface area contributed by atoms with E-state index in [2.05, 4.69) is 12.2 Å². The number of β-amino-alcohol motifs (C(OH)–C–C–N with tert-alkyl or cyclic N) is 1. The summed E-state index contributed by atoms with van der Waals surface area (Å²) in [4.78, 5) is 25.8. The van der Waals surface area contributed by atoms with E-state index in [9.17, 15) is 14.7 Å². The van der Waals surface area contributed by atoms with Crippen LogP contribution in [0.2, 0.25) is 0 Å². The van der Waals surface area contributed by atoms with E-state index < -0.39 is 17.8 Å². The summed E-state index contributed by atoms with van der Waals surface area (Å²) in [5.41, 5.74) is 1.20. The van der Waals surface area contributed by atoms with Crippen LogP contribution in [0.15, 0.2) is 24.3 Å². The number of nitrogens with one attached hydrogen (secondary N) is 1. The highest BCUT2D eigenvalue weighted by atomic mass is 16.6. The normalized spacial score (nSPS) is 20.4. The van der Waals surface area contributed by atoms with Crippen LogP contribution in [-0.4, -0.2) is 53.3 Å². The number of rotatable bonds is 4. The molecule has 0 spiro atoms. The van der Waals surface area contributed by atoms with E-state index in [1.54, 1.807) is 32.9 Å². The third-order valence-electron chi connectivity index (χ3n) is 4.21. The molecule has 1 aromatic rings. The molecule has 6 heteroatoms. The molecule has 1 aliphatic heterocycles. The largest absolute Gasteiger partial charge is 0.444 e. The van der Waals surface area contributed by atoms with Crippen molar-refractivity contribution in [2.24, 2.45) is 5.92 Å². The van der Waals surface area contributed by atoms with Crippen LogP contribution < -0.4 is 5.32 Å². The zero-order valence-corrected chi connectivity index (χ0v) is 15.4. The number of carbonyl (C=O) groups excluding carboxylic acids is 2. The van der Waals surface area contributed by atoms with Crippen LogP contribution in [0.25, 0.3) is 0 Å². The van der Waals surface area contributed by atoms with E-state index in [1.165, 1.54) is 10.5 Å². The van der Waals surface area contributed by atoms with Gasteiger partial charge in [0, 0.05) is 24.6 Å². The third kappa shape index (κ3) is 5.46. The van der Waals surface area contributed by atoms with Crippen LogP contribution >= 0.6 is 0 Å². The van der Waals surface area contributed by atoms with Gasteiger partial charge in [0.25, 0.3) is 5.91 Å². The van der Waals surface area contributed by atoms with Gasteiger partial charge in [-0.2, -0.15) is 0 Å². The smallest absolute Gasteiger partial charge is 0.410 e. The van der Waals surface area contributed by atoms with Gasteiger partial charge in [-0.1, -0.05) is 19.1 Å². The zero-order valence-electron chi connectivity index (χ0n) is 15.4. The Kier molecular flexibility index (Phi) is 6.06. The van der Waals surface area contributed by atoms with E-state index >= 15 is 0 Å². The standard InChI is InChI=1S/C19H28N2O4/c1-5-13-6-8-14(9-7-13)17(23)20-10-15-11-21(12-16(15)22)18(24)25-19(2,3)4/h6-9,15-16,22H,5,10-12H2,1-4H3,(H,20,23). The van der Waals surface area contributed by atoms with Crippen LogP contribution in [0, 0.1) is 5.92 Å². The Bertz CT molecular complexity index is 607. The summed E-state index contributed by atoms with van der Waals surface area (Å²) in [6, 6.07) is 7.46. The first-order valence-corrected chi connectivity index (χ1v) is 8.72. The lowest BCUT2D eigenvalue weighted by Crippen LogP contribution is -2.36. The topological polar surface area (TPSA) is 78.9 Å². The van der Waals surface area contributed by atoms with Gasteiger partial charge >= 0.3 is 6.09 Å². The number of hydrogen-bond donors (Lipinski definition) is 2. The van der Waals surface area contributed by atoms with Gasteiger partial charge in [0.05, 0.1) is 12.6 Å². The van der Waals surface area contributed by atoms with Crippen LogP contribution in [-0.2, 0) is 11.2 Å². The predicted octanol–water partition coefficient (Wildman–Crippen LogP) is 2.21. The Morgan fingerprint density at radius 3 is 2.44 bits per heavy atom. The minimum Gasteiger partial charge on any atom is -0.444 e. The van der Waals surface area contributed by atoms with Crippen molar-refractivity contribution in [3.63, 3.8) is 0 Å². The van der Waals surface area contributed by atoms with E-state index in [-0.39, 0.29) is 18.4 Å². The SMILES string of the molecule is CCc1ccc(C(=O)NCC2CN(C(=O)OC(C)(C)C)CC2O)cc1. The van der Waals surface area contributed by atoms with Crippen LogP contribution in [0.5, 0.6) is 0 Å². The average molecular weight is 348 g/mol. The average Bonchev–Trinajstić information content (AvgIpc) is 2.92. The number of carbonyl (C=O) groups is 2. The second-order valence-corrected chi connectivity index (χ2v) is 7.47. The summed E-state index contributed by atoms with van der Waals surface area (Å²) in [5.74, 6) is -0.378. The second-order valence-electron chi connectivity index (χ2n) is 7.47. The fourth-order valence-corrected chi connectivity index (χ4v) is 2.75. The Morgan fingerprint density at radius 1 is 1.24 bits per heavy atom. The lowest BCUT2D eigenvalue weighted by atomic mass is 10.1. The number of likely N-dealkylation sites (tertiary alicyclic amines) is 1. The van der Waals surface area contributed by atoms with Crippen molar-refractivity contribution in [3.8, 4) is 0 Å². The number of amides is 2. The quantitative estimate of drug-likeness (QED) is 0.874. The Labute approximate surface area is 149 Å². The van der Waals surface area contributed by atoms with E-state index in [1.807, 2.05) is 12.1 Å². The minimum absolute atomic E-state index is 0.175. The zero-order chi connectivity index (χ0) is 18.6. The number of aliphatic hydroxyl groups excluding tert-OH is 1. The molecule has 0 radical (unpaired) electrons. The van der Waals surface area contributed by atoms with Crippen molar-refractivity contribution in [2.75, 3.05) is 19.6 Å². The lowest BCUT2D eigenvalue weighted by Gasteiger charge is -2.24. The molecular weight excluding hydrogens is 320 g/mol. The molecule has 2 amide bonds. The fraction of sp³-hybridized carbons (Fsp3) is 0.579. The van der Waals surface area contributed by atoms with Gasteiger partial charge in [0.15, 0.2) is 0 Å². The van der Waals surface area contributed by atoms with Crippen LogP contribution in [0.3, 0.4) is 0 Å². The maximum atomic E-state index is 12.2. The van der Waals surface area contributed by atoms with E-state index in [0.717, 1.165) is 6.42 Å². The first-order chi connectivity index (χ1) is 11.7. The predicted molar refractivity (Wildman–Crippen MR) is 95.5 cm³/mol.